The first-order valence-corrected chi connectivity index (χ1v) is 6.22. The minimum Gasteiger partial charge on any atom is -0.497 e. The molecule has 1 aromatic rings. The van der Waals surface area contributed by atoms with Gasteiger partial charge in [-0.15, -0.1) is 0 Å². The average Bonchev–Trinajstić information content (AvgIpc) is 2.40. The van der Waals surface area contributed by atoms with Gasteiger partial charge in [0.1, 0.15) is 11.9 Å². The fourth-order valence-corrected chi connectivity index (χ4v) is 2.07. The molecular weight excluding hydrogens is 214 g/mol. The molecule has 0 unspecified atom stereocenters. The number of ether oxygens (including phenoxy) is 1. The van der Waals surface area contributed by atoms with Crippen molar-refractivity contribution in [3.05, 3.63) is 29.8 Å². The van der Waals surface area contributed by atoms with Gasteiger partial charge < -0.3 is 9.57 Å². The smallest absolute Gasteiger partial charge is 0.127 e. The minimum atomic E-state index is 0.311. The van der Waals surface area contributed by atoms with Crippen molar-refractivity contribution in [2.45, 2.75) is 38.2 Å². The molecule has 0 radical (unpaired) electrons. The highest BCUT2D eigenvalue weighted by atomic mass is 16.6. The van der Waals surface area contributed by atoms with Gasteiger partial charge in [-0.3, -0.25) is 0 Å². The molecule has 0 aromatic heterocycles. The van der Waals surface area contributed by atoms with Gasteiger partial charge in [0, 0.05) is 0 Å². The van der Waals surface area contributed by atoms with Crippen LogP contribution in [0.15, 0.2) is 29.4 Å². The van der Waals surface area contributed by atoms with Crippen molar-refractivity contribution in [2.75, 3.05) is 7.11 Å². The first-order valence-electron chi connectivity index (χ1n) is 6.22. The molecule has 0 N–H and O–H groups in total. The molecule has 0 amide bonds. The zero-order valence-electron chi connectivity index (χ0n) is 10.3. The Labute approximate surface area is 102 Å². The van der Waals surface area contributed by atoms with Crippen LogP contribution in [0.1, 0.15) is 37.7 Å². The first kappa shape index (κ1) is 12.0. The second kappa shape index (κ2) is 6.28. The first-order chi connectivity index (χ1) is 8.38. The Bertz CT molecular complexity index is 370. The molecule has 1 aliphatic rings. The summed E-state index contributed by atoms with van der Waals surface area (Å²) in [5.41, 5.74) is 1.00. The van der Waals surface area contributed by atoms with Gasteiger partial charge in [-0.2, -0.15) is 0 Å². The highest BCUT2D eigenvalue weighted by molar-refractivity contribution is 5.79. The molecule has 92 valence electrons. The van der Waals surface area contributed by atoms with Crippen LogP contribution in [0.25, 0.3) is 0 Å². The largest absolute Gasteiger partial charge is 0.497 e. The van der Waals surface area contributed by atoms with Crippen molar-refractivity contribution < 1.29 is 9.57 Å². The predicted molar refractivity (Wildman–Crippen MR) is 68.5 cm³/mol. The van der Waals surface area contributed by atoms with Crippen LogP contribution in [0.4, 0.5) is 0 Å². The van der Waals surface area contributed by atoms with Crippen molar-refractivity contribution >= 4 is 6.21 Å². The fraction of sp³-hybridized carbons (Fsp3) is 0.500. The Morgan fingerprint density at radius 3 is 2.82 bits per heavy atom. The number of hydrogen-bond acceptors (Lipinski definition) is 3. The van der Waals surface area contributed by atoms with E-state index in [9.17, 15) is 0 Å². The molecule has 0 saturated heterocycles. The Balaban J connectivity index is 1.86. The SMILES string of the molecule is COc1cccc(C=NOC2CCCCC2)c1. The summed E-state index contributed by atoms with van der Waals surface area (Å²) in [6.45, 7) is 0. The van der Waals surface area contributed by atoms with E-state index < -0.39 is 0 Å². The lowest BCUT2D eigenvalue weighted by Crippen LogP contribution is -2.13. The number of rotatable bonds is 4. The van der Waals surface area contributed by atoms with Crippen molar-refractivity contribution in [2.24, 2.45) is 5.16 Å². The Morgan fingerprint density at radius 2 is 2.06 bits per heavy atom. The minimum absolute atomic E-state index is 0.311. The molecule has 1 saturated carbocycles. The van der Waals surface area contributed by atoms with Crippen molar-refractivity contribution in [1.29, 1.82) is 0 Å². The van der Waals surface area contributed by atoms with Crippen LogP contribution < -0.4 is 4.74 Å². The van der Waals surface area contributed by atoms with E-state index in [1.165, 1.54) is 19.3 Å². The van der Waals surface area contributed by atoms with Crippen LogP contribution in [0, 0.1) is 0 Å². The monoisotopic (exact) mass is 233 g/mol. The molecule has 0 atom stereocenters. The third kappa shape index (κ3) is 3.77. The van der Waals surface area contributed by atoms with Gasteiger partial charge in [0.05, 0.1) is 13.3 Å². The third-order valence-electron chi connectivity index (χ3n) is 3.06. The highest BCUT2D eigenvalue weighted by Gasteiger charge is 2.13. The van der Waals surface area contributed by atoms with E-state index >= 15 is 0 Å². The Kier molecular flexibility index (Phi) is 4.42. The second-order valence-electron chi connectivity index (χ2n) is 4.38. The van der Waals surface area contributed by atoms with Crippen LogP contribution in [-0.2, 0) is 4.84 Å². The molecule has 0 aliphatic heterocycles. The summed E-state index contributed by atoms with van der Waals surface area (Å²) in [4.78, 5) is 5.49. The van der Waals surface area contributed by atoms with Crippen molar-refractivity contribution in [1.82, 2.24) is 0 Å². The molecule has 3 heteroatoms. The summed E-state index contributed by atoms with van der Waals surface area (Å²) in [5.74, 6) is 0.839. The zero-order chi connectivity index (χ0) is 11.9. The lowest BCUT2D eigenvalue weighted by atomic mass is 9.98. The quantitative estimate of drug-likeness (QED) is 0.589. The average molecular weight is 233 g/mol. The summed E-state index contributed by atoms with van der Waals surface area (Å²) in [5, 5.41) is 4.06. The van der Waals surface area contributed by atoms with Gasteiger partial charge in [-0.05, 0) is 43.4 Å². The number of methoxy groups -OCH3 is 1. The molecule has 1 aromatic carbocycles. The molecule has 1 aliphatic carbocycles. The molecular formula is C14H19NO2. The van der Waals surface area contributed by atoms with Gasteiger partial charge in [0.15, 0.2) is 0 Å². The topological polar surface area (TPSA) is 30.8 Å². The van der Waals surface area contributed by atoms with Gasteiger partial charge in [-0.1, -0.05) is 23.7 Å². The number of benzene rings is 1. The van der Waals surface area contributed by atoms with E-state index in [0.717, 1.165) is 24.2 Å². The van der Waals surface area contributed by atoms with Crippen molar-refractivity contribution in [3.8, 4) is 5.75 Å². The fourth-order valence-electron chi connectivity index (χ4n) is 2.07. The second-order valence-corrected chi connectivity index (χ2v) is 4.38. The maximum atomic E-state index is 5.49. The number of nitrogens with zero attached hydrogens (tertiary/aromatic N) is 1. The van der Waals surface area contributed by atoms with Gasteiger partial charge in [0.2, 0.25) is 0 Å². The van der Waals surface area contributed by atoms with Gasteiger partial charge in [-0.25, -0.2) is 0 Å². The number of oxime groups is 1. The summed E-state index contributed by atoms with van der Waals surface area (Å²) >= 11 is 0. The molecule has 1 fully saturated rings. The third-order valence-corrected chi connectivity index (χ3v) is 3.06. The maximum Gasteiger partial charge on any atom is 0.127 e. The van der Waals surface area contributed by atoms with E-state index in [-0.39, 0.29) is 0 Å². The molecule has 0 bridgehead atoms. The standard InChI is InChI=1S/C14H19NO2/c1-16-14-9-5-6-12(10-14)11-15-17-13-7-3-2-4-8-13/h5-6,9-11,13H,2-4,7-8H2,1H3. The van der Waals surface area contributed by atoms with Gasteiger partial charge >= 0.3 is 0 Å². The molecule has 17 heavy (non-hydrogen) atoms. The van der Waals surface area contributed by atoms with E-state index in [4.69, 9.17) is 9.57 Å². The zero-order valence-corrected chi connectivity index (χ0v) is 10.3. The Morgan fingerprint density at radius 1 is 1.24 bits per heavy atom. The summed E-state index contributed by atoms with van der Waals surface area (Å²) < 4.78 is 5.15. The molecule has 3 nitrogen and oxygen atoms in total. The van der Waals surface area contributed by atoms with Crippen LogP contribution in [0.5, 0.6) is 5.75 Å². The van der Waals surface area contributed by atoms with Crippen molar-refractivity contribution in [3.63, 3.8) is 0 Å². The molecule has 0 heterocycles. The Hall–Kier alpha value is -1.51. The lowest BCUT2D eigenvalue weighted by molar-refractivity contribution is 0.0340. The highest BCUT2D eigenvalue weighted by Crippen LogP contribution is 2.20. The summed E-state index contributed by atoms with van der Waals surface area (Å²) in [6.07, 6.45) is 8.19. The van der Waals surface area contributed by atoms with Crippen LogP contribution >= 0.6 is 0 Å². The summed E-state index contributed by atoms with van der Waals surface area (Å²) in [7, 11) is 1.66. The van der Waals surface area contributed by atoms with E-state index in [0.29, 0.717) is 6.10 Å². The molecule has 2 rings (SSSR count). The molecule has 0 spiro atoms. The summed E-state index contributed by atoms with van der Waals surface area (Å²) in [6, 6.07) is 7.78. The van der Waals surface area contributed by atoms with Crippen LogP contribution in [0.2, 0.25) is 0 Å². The van der Waals surface area contributed by atoms with Crippen LogP contribution in [-0.4, -0.2) is 19.4 Å². The van der Waals surface area contributed by atoms with E-state index in [1.807, 2.05) is 24.3 Å². The van der Waals surface area contributed by atoms with E-state index in [1.54, 1.807) is 13.3 Å². The van der Waals surface area contributed by atoms with E-state index in [2.05, 4.69) is 5.16 Å². The maximum absolute atomic E-state index is 5.49. The lowest BCUT2D eigenvalue weighted by Gasteiger charge is -2.18. The van der Waals surface area contributed by atoms with Gasteiger partial charge in [0.25, 0.3) is 0 Å². The normalized spacial score (nSPS) is 17.2. The predicted octanol–water partition coefficient (Wildman–Crippen LogP) is 3.38. The number of hydrogen-bond donors (Lipinski definition) is 0. The van der Waals surface area contributed by atoms with Crippen LogP contribution in [0.3, 0.4) is 0 Å².